The zero-order chi connectivity index (χ0) is 33.5. The molecule has 0 N–H and O–H groups in total. The molecule has 0 bridgehead atoms. The molecule has 0 aliphatic carbocycles. The maximum atomic E-state index is 14.6. The van der Waals surface area contributed by atoms with Crippen molar-refractivity contribution in [3.8, 4) is 5.75 Å². The van der Waals surface area contributed by atoms with Crippen LogP contribution in [0.2, 0.25) is 0 Å². The Morgan fingerprint density at radius 1 is 1.00 bits per heavy atom. The molecule has 0 radical (unpaired) electrons. The van der Waals surface area contributed by atoms with Gasteiger partial charge in [0.25, 0.3) is 11.5 Å². The Morgan fingerprint density at radius 2 is 1.71 bits per heavy atom. The third kappa shape index (κ3) is 5.34. The Kier molecular flexibility index (Phi) is 8.51. The van der Waals surface area contributed by atoms with Crippen LogP contribution in [-0.2, 0) is 16.1 Å². The Bertz CT molecular complexity index is 2290. The molecule has 7 rings (SSSR count). The SMILES string of the molecule is CCN(CC)C(=O)C1=C(C)N=c2s/c(=C\c3cn(CC(=O)N4CCCC4)c4ccccc34)c(=O)n2[C@@H]1c1c(OC)ccc2ccccc12. The number of methoxy groups -OCH3 is 1. The first kappa shape index (κ1) is 31.6. The number of likely N-dealkylation sites (N-methyl/N-ethyl adjacent to an activating group) is 1. The first-order valence-corrected chi connectivity index (χ1v) is 17.4. The fraction of sp³-hybridized carbons (Fsp3) is 0.316. The van der Waals surface area contributed by atoms with Crippen molar-refractivity contribution in [3.63, 3.8) is 0 Å². The van der Waals surface area contributed by atoms with E-state index >= 15 is 0 Å². The fourth-order valence-electron chi connectivity index (χ4n) is 7.16. The molecule has 1 fully saturated rings. The predicted molar refractivity (Wildman–Crippen MR) is 190 cm³/mol. The van der Waals surface area contributed by atoms with Gasteiger partial charge >= 0.3 is 0 Å². The number of ether oxygens (including phenoxy) is 1. The molecule has 0 spiro atoms. The number of benzene rings is 3. The number of fused-ring (bicyclic) bond motifs is 3. The molecular formula is C38H39N5O4S. The zero-order valence-electron chi connectivity index (χ0n) is 27.7. The van der Waals surface area contributed by atoms with Gasteiger partial charge in [0.05, 0.1) is 22.9 Å². The van der Waals surface area contributed by atoms with Crippen molar-refractivity contribution in [3.05, 3.63) is 109 Å². The number of hydrogen-bond acceptors (Lipinski definition) is 6. The molecule has 10 heteroatoms. The van der Waals surface area contributed by atoms with E-state index in [4.69, 9.17) is 9.73 Å². The van der Waals surface area contributed by atoms with E-state index in [0.29, 0.717) is 39.4 Å². The average molecular weight is 662 g/mol. The summed E-state index contributed by atoms with van der Waals surface area (Å²) in [6, 6.07) is 19.1. The Labute approximate surface area is 282 Å². The quantitative estimate of drug-likeness (QED) is 0.238. The zero-order valence-corrected chi connectivity index (χ0v) is 28.5. The molecule has 48 heavy (non-hydrogen) atoms. The molecule has 4 heterocycles. The van der Waals surface area contributed by atoms with Crippen LogP contribution in [0.5, 0.6) is 5.75 Å². The van der Waals surface area contributed by atoms with Gasteiger partial charge in [0, 0.05) is 54.4 Å². The predicted octanol–water partition coefficient (Wildman–Crippen LogP) is 4.84. The highest BCUT2D eigenvalue weighted by molar-refractivity contribution is 7.07. The van der Waals surface area contributed by atoms with Crippen molar-refractivity contribution in [2.45, 2.75) is 46.2 Å². The summed E-state index contributed by atoms with van der Waals surface area (Å²) in [7, 11) is 1.62. The van der Waals surface area contributed by atoms with Gasteiger partial charge in [-0.3, -0.25) is 19.0 Å². The van der Waals surface area contributed by atoms with Crippen LogP contribution in [0.25, 0.3) is 27.8 Å². The van der Waals surface area contributed by atoms with Gasteiger partial charge in [-0.15, -0.1) is 0 Å². The van der Waals surface area contributed by atoms with E-state index in [2.05, 4.69) is 0 Å². The number of likely N-dealkylation sites (tertiary alicyclic amines) is 1. The lowest BCUT2D eigenvalue weighted by Crippen LogP contribution is -2.43. The number of carbonyl (C=O) groups excluding carboxylic acids is 2. The molecule has 9 nitrogen and oxygen atoms in total. The minimum absolute atomic E-state index is 0.101. The summed E-state index contributed by atoms with van der Waals surface area (Å²) >= 11 is 1.31. The van der Waals surface area contributed by atoms with Crippen LogP contribution in [0.3, 0.4) is 0 Å². The van der Waals surface area contributed by atoms with Crippen molar-refractivity contribution in [1.29, 1.82) is 0 Å². The number of aromatic nitrogens is 2. The molecule has 5 aromatic rings. The topological polar surface area (TPSA) is 89.1 Å². The van der Waals surface area contributed by atoms with E-state index in [-0.39, 0.29) is 23.9 Å². The highest BCUT2D eigenvalue weighted by Crippen LogP contribution is 2.40. The summed E-state index contributed by atoms with van der Waals surface area (Å²) in [5.41, 5.74) is 3.34. The largest absolute Gasteiger partial charge is 0.496 e. The van der Waals surface area contributed by atoms with Gasteiger partial charge in [0.2, 0.25) is 5.91 Å². The van der Waals surface area contributed by atoms with E-state index in [1.165, 1.54) is 11.3 Å². The second-order valence-electron chi connectivity index (χ2n) is 12.3. The lowest BCUT2D eigenvalue weighted by Gasteiger charge is -2.30. The lowest BCUT2D eigenvalue weighted by molar-refractivity contribution is -0.130. The standard InChI is InChI=1S/C38H39N5O4S/c1-5-40(6-2)37(46)33-24(3)39-38-43(35(33)34-28-15-8-7-13-25(28)17-18-30(34)47-4)36(45)31(48-38)21-26-22-42(29-16-10-9-14-27(26)29)23-32(44)41-19-11-12-20-41/h7-10,13-18,21-22,35H,5-6,11-12,19-20,23H2,1-4H3/b31-21-/t35-/m0/s1. The van der Waals surface area contributed by atoms with Gasteiger partial charge in [-0.05, 0) is 62.6 Å². The highest BCUT2D eigenvalue weighted by Gasteiger charge is 2.36. The molecule has 2 aliphatic heterocycles. The van der Waals surface area contributed by atoms with E-state index in [9.17, 15) is 14.4 Å². The van der Waals surface area contributed by atoms with Crippen molar-refractivity contribution in [2.24, 2.45) is 4.99 Å². The number of thiazole rings is 1. The van der Waals surface area contributed by atoms with E-state index in [0.717, 1.165) is 58.7 Å². The van der Waals surface area contributed by atoms with Crippen LogP contribution >= 0.6 is 11.3 Å². The molecule has 0 saturated carbocycles. The van der Waals surface area contributed by atoms with Gasteiger partial charge in [0.15, 0.2) is 4.80 Å². The van der Waals surface area contributed by atoms with Gasteiger partial charge in [-0.2, -0.15) is 0 Å². The molecule has 1 atom stereocenters. The Hall–Kier alpha value is -4.96. The maximum Gasteiger partial charge on any atom is 0.271 e. The van der Waals surface area contributed by atoms with Gasteiger partial charge < -0.3 is 19.1 Å². The number of rotatable bonds is 8. The minimum Gasteiger partial charge on any atom is -0.496 e. The number of allylic oxidation sites excluding steroid dienone is 1. The normalized spacial score (nSPS) is 16.5. The number of carbonyl (C=O) groups is 2. The molecule has 3 aromatic carbocycles. The monoisotopic (exact) mass is 661 g/mol. The summed E-state index contributed by atoms with van der Waals surface area (Å²) in [5.74, 6) is 0.545. The molecule has 0 unspecified atom stereocenters. The lowest BCUT2D eigenvalue weighted by atomic mass is 9.90. The Morgan fingerprint density at radius 3 is 2.44 bits per heavy atom. The molecule has 2 amide bonds. The first-order chi connectivity index (χ1) is 23.3. The Balaban J connectivity index is 1.43. The van der Waals surface area contributed by atoms with E-state index in [1.807, 2.05) is 103 Å². The molecule has 2 aliphatic rings. The van der Waals surface area contributed by atoms with Crippen LogP contribution in [0.15, 0.2) is 87.9 Å². The number of amides is 2. The van der Waals surface area contributed by atoms with Crippen molar-refractivity contribution in [1.82, 2.24) is 18.9 Å². The molecular weight excluding hydrogens is 623 g/mol. The van der Waals surface area contributed by atoms with Crippen LogP contribution in [0, 0.1) is 0 Å². The summed E-state index contributed by atoms with van der Waals surface area (Å²) in [5, 5.41) is 2.84. The summed E-state index contributed by atoms with van der Waals surface area (Å²) in [4.78, 5) is 51.1. The summed E-state index contributed by atoms with van der Waals surface area (Å²) < 4.78 is 10.1. The van der Waals surface area contributed by atoms with Crippen LogP contribution in [0.1, 0.15) is 50.8 Å². The smallest absolute Gasteiger partial charge is 0.271 e. The summed E-state index contributed by atoms with van der Waals surface area (Å²) in [6.45, 7) is 8.65. The van der Waals surface area contributed by atoms with Crippen LogP contribution in [-0.4, -0.2) is 64.0 Å². The number of nitrogens with zero attached hydrogens (tertiary/aromatic N) is 5. The van der Waals surface area contributed by atoms with Gasteiger partial charge in [-0.1, -0.05) is 59.9 Å². The van der Waals surface area contributed by atoms with Gasteiger partial charge in [-0.25, -0.2) is 4.99 Å². The van der Waals surface area contributed by atoms with E-state index < -0.39 is 6.04 Å². The van der Waals surface area contributed by atoms with Crippen molar-refractivity contribution < 1.29 is 14.3 Å². The van der Waals surface area contributed by atoms with Crippen molar-refractivity contribution in [2.75, 3.05) is 33.3 Å². The average Bonchev–Trinajstić information content (AvgIpc) is 3.83. The van der Waals surface area contributed by atoms with Gasteiger partial charge in [0.1, 0.15) is 18.3 Å². The van der Waals surface area contributed by atoms with E-state index in [1.54, 1.807) is 16.6 Å². The number of hydrogen-bond donors (Lipinski definition) is 0. The first-order valence-electron chi connectivity index (χ1n) is 16.6. The van der Waals surface area contributed by atoms with Crippen LogP contribution in [0.4, 0.5) is 0 Å². The maximum absolute atomic E-state index is 14.6. The third-order valence-corrected chi connectivity index (χ3v) is 10.6. The second kappa shape index (κ2) is 12.9. The van der Waals surface area contributed by atoms with Crippen LogP contribution < -0.4 is 19.6 Å². The summed E-state index contributed by atoms with van der Waals surface area (Å²) in [6.07, 6.45) is 5.93. The molecule has 1 saturated heterocycles. The number of para-hydroxylation sites is 1. The highest BCUT2D eigenvalue weighted by atomic mass is 32.1. The minimum atomic E-state index is -0.753. The second-order valence-corrected chi connectivity index (χ2v) is 13.3. The molecule has 246 valence electrons. The van der Waals surface area contributed by atoms with Crippen molar-refractivity contribution >= 4 is 50.9 Å². The fourth-order valence-corrected chi connectivity index (χ4v) is 8.20. The third-order valence-electron chi connectivity index (χ3n) is 9.60. The molecule has 2 aromatic heterocycles.